The molecular weight excluding hydrogens is 280 g/mol. The zero-order chi connectivity index (χ0) is 16.7. The van der Waals surface area contributed by atoms with E-state index in [0.717, 1.165) is 25.7 Å². The molecule has 1 rings (SSSR count). The molecule has 0 radical (unpaired) electrons. The maximum absolute atomic E-state index is 12.3. The Bertz CT molecular complexity index is 361. The summed E-state index contributed by atoms with van der Waals surface area (Å²) in [6.07, 6.45) is 4.40. The lowest BCUT2D eigenvalue weighted by Crippen LogP contribution is -2.49. The van der Waals surface area contributed by atoms with Crippen molar-refractivity contribution in [3.63, 3.8) is 0 Å². The third kappa shape index (κ3) is 5.95. The van der Waals surface area contributed by atoms with Gasteiger partial charge in [-0.3, -0.25) is 9.59 Å². The first kappa shape index (κ1) is 18.9. The second-order valence-electron chi connectivity index (χ2n) is 7.03. The predicted octanol–water partition coefficient (Wildman–Crippen LogP) is 2.33. The minimum atomic E-state index is -0.318. The van der Waals surface area contributed by atoms with E-state index < -0.39 is 0 Å². The number of esters is 1. The van der Waals surface area contributed by atoms with Gasteiger partial charge < -0.3 is 15.4 Å². The van der Waals surface area contributed by atoms with Gasteiger partial charge in [0.2, 0.25) is 0 Å². The Kier molecular flexibility index (Phi) is 7.87. The van der Waals surface area contributed by atoms with Crippen molar-refractivity contribution in [1.82, 2.24) is 4.90 Å². The second-order valence-corrected chi connectivity index (χ2v) is 7.03. The number of hydrogen-bond acceptors (Lipinski definition) is 4. The first-order valence-electron chi connectivity index (χ1n) is 8.52. The molecule has 22 heavy (non-hydrogen) atoms. The number of piperidine rings is 1. The van der Waals surface area contributed by atoms with Gasteiger partial charge in [-0.25, -0.2) is 0 Å². The Balaban J connectivity index is 2.40. The molecule has 0 aromatic carbocycles. The summed E-state index contributed by atoms with van der Waals surface area (Å²) in [7, 11) is 0. The Hall–Kier alpha value is -1.10. The third-order valence-electron chi connectivity index (χ3n) is 4.43. The van der Waals surface area contributed by atoms with Crippen LogP contribution in [-0.4, -0.2) is 42.0 Å². The number of ether oxygens (including phenoxy) is 1. The lowest BCUT2D eigenvalue weighted by Gasteiger charge is -2.38. The van der Waals surface area contributed by atoms with E-state index in [9.17, 15) is 9.59 Å². The van der Waals surface area contributed by atoms with Gasteiger partial charge in [0.05, 0.1) is 0 Å². The molecule has 0 aromatic heterocycles. The van der Waals surface area contributed by atoms with E-state index in [1.54, 1.807) is 0 Å². The van der Waals surface area contributed by atoms with Crippen LogP contribution in [0.4, 0.5) is 0 Å². The molecule has 0 spiro atoms. The lowest BCUT2D eigenvalue weighted by molar-refractivity contribution is -0.155. The van der Waals surface area contributed by atoms with Crippen LogP contribution < -0.4 is 5.73 Å². The van der Waals surface area contributed by atoms with Crippen LogP contribution in [0.2, 0.25) is 0 Å². The molecule has 1 fully saturated rings. The SMILES string of the molecule is CC(C)C[C@H](CN)CC(=O)OCC(=O)N1C(C)CCCC1C. The topological polar surface area (TPSA) is 72.6 Å². The fraction of sp³-hybridized carbons (Fsp3) is 0.882. The third-order valence-corrected chi connectivity index (χ3v) is 4.43. The van der Waals surface area contributed by atoms with Crippen LogP contribution in [0, 0.1) is 11.8 Å². The normalized spacial score (nSPS) is 23.5. The van der Waals surface area contributed by atoms with Crippen molar-refractivity contribution in [2.45, 2.75) is 71.9 Å². The molecule has 1 amide bonds. The van der Waals surface area contributed by atoms with Crippen molar-refractivity contribution < 1.29 is 14.3 Å². The van der Waals surface area contributed by atoms with Gasteiger partial charge >= 0.3 is 5.97 Å². The molecule has 0 aromatic rings. The van der Waals surface area contributed by atoms with E-state index in [-0.39, 0.29) is 36.5 Å². The number of hydrogen-bond donors (Lipinski definition) is 1. The van der Waals surface area contributed by atoms with Crippen LogP contribution >= 0.6 is 0 Å². The Labute approximate surface area is 134 Å². The van der Waals surface area contributed by atoms with Crippen molar-refractivity contribution in [2.24, 2.45) is 17.6 Å². The van der Waals surface area contributed by atoms with Gasteiger partial charge in [0, 0.05) is 18.5 Å². The molecular formula is C17H32N2O3. The monoisotopic (exact) mass is 312 g/mol. The zero-order valence-electron chi connectivity index (χ0n) is 14.5. The molecule has 1 saturated heterocycles. The van der Waals surface area contributed by atoms with E-state index in [1.807, 2.05) is 4.90 Å². The van der Waals surface area contributed by atoms with Crippen molar-refractivity contribution in [3.8, 4) is 0 Å². The average molecular weight is 312 g/mol. The molecule has 2 N–H and O–H groups in total. The molecule has 0 saturated carbocycles. The highest BCUT2D eigenvalue weighted by atomic mass is 16.5. The maximum atomic E-state index is 12.3. The van der Waals surface area contributed by atoms with Crippen LogP contribution in [-0.2, 0) is 14.3 Å². The Morgan fingerprint density at radius 2 is 1.82 bits per heavy atom. The van der Waals surface area contributed by atoms with E-state index in [1.165, 1.54) is 0 Å². The van der Waals surface area contributed by atoms with Gasteiger partial charge in [-0.15, -0.1) is 0 Å². The first-order chi connectivity index (χ1) is 10.3. The number of carbonyl (C=O) groups is 2. The minimum absolute atomic E-state index is 0.0822. The number of amides is 1. The summed E-state index contributed by atoms with van der Waals surface area (Å²) in [5.74, 6) is 0.233. The van der Waals surface area contributed by atoms with Crippen LogP contribution in [0.1, 0.15) is 59.8 Å². The van der Waals surface area contributed by atoms with Crippen molar-refractivity contribution in [3.05, 3.63) is 0 Å². The van der Waals surface area contributed by atoms with Crippen LogP contribution in [0.3, 0.4) is 0 Å². The second kappa shape index (κ2) is 9.13. The maximum Gasteiger partial charge on any atom is 0.306 e. The average Bonchev–Trinajstić information content (AvgIpc) is 2.43. The summed E-state index contributed by atoms with van der Waals surface area (Å²) in [6, 6.07) is 0.459. The summed E-state index contributed by atoms with van der Waals surface area (Å²) in [4.78, 5) is 26.0. The number of nitrogens with two attached hydrogens (primary N) is 1. The van der Waals surface area contributed by atoms with E-state index >= 15 is 0 Å². The number of rotatable bonds is 7. The summed E-state index contributed by atoms with van der Waals surface area (Å²) < 4.78 is 5.18. The molecule has 3 atom stereocenters. The molecule has 2 unspecified atom stereocenters. The van der Waals surface area contributed by atoms with Crippen molar-refractivity contribution in [2.75, 3.05) is 13.2 Å². The fourth-order valence-electron chi connectivity index (χ4n) is 3.35. The molecule has 1 aliphatic rings. The van der Waals surface area contributed by atoms with Gasteiger partial charge in [-0.1, -0.05) is 13.8 Å². The molecule has 0 bridgehead atoms. The van der Waals surface area contributed by atoms with Crippen molar-refractivity contribution in [1.29, 1.82) is 0 Å². The van der Waals surface area contributed by atoms with Crippen LogP contribution in [0.15, 0.2) is 0 Å². The standard InChI is InChI=1S/C17H32N2O3/c1-12(2)8-15(10-18)9-17(21)22-11-16(20)19-13(3)6-5-7-14(19)4/h12-15H,5-11,18H2,1-4H3/t13?,14?,15-/m0/s1. The quantitative estimate of drug-likeness (QED) is 0.732. The van der Waals surface area contributed by atoms with Gasteiger partial charge in [0.25, 0.3) is 5.91 Å². The summed E-state index contributed by atoms with van der Waals surface area (Å²) in [6.45, 7) is 8.66. The number of nitrogens with zero attached hydrogens (tertiary/aromatic N) is 1. The van der Waals surface area contributed by atoms with Gasteiger partial charge in [-0.2, -0.15) is 0 Å². The van der Waals surface area contributed by atoms with Crippen LogP contribution in [0.25, 0.3) is 0 Å². The molecule has 5 heteroatoms. The fourth-order valence-corrected chi connectivity index (χ4v) is 3.35. The van der Waals surface area contributed by atoms with E-state index in [4.69, 9.17) is 10.5 Å². The predicted molar refractivity (Wildman–Crippen MR) is 87.2 cm³/mol. The highest BCUT2D eigenvalue weighted by Gasteiger charge is 2.29. The van der Waals surface area contributed by atoms with Gasteiger partial charge in [-0.05, 0) is 57.9 Å². The highest BCUT2D eigenvalue weighted by molar-refractivity contribution is 5.81. The molecule has 5 nitrogen and oxygen atoms in total. The summed E-state index contributed by atoms with van der Waals surface area (Å²) in [5.41, 5.74) is 5.70. The zero-order valence-corrected chi connectivity index (χ0v) is 14.5. The van der Waals surface area contributed by atoms with E-state index in [2.05, 4.69) is 27.7 Å². The minimum Gasteiger partial charge on any atom is -0.456 e. The molecule has 0 aliphatic carbocycles. The smallest absolute Gasteiger partial charge is 0.306 e. The van der Waals surface area contributed by atoms with Crippen molar-refractivity contribution >= 4 is 11.9 Å². The largest absolute Gasteiger partial charge is 0.456 e. The highest BCUT2D eigenvalue weighted by Crippen LogP contribution is 2.22. The lowest BCUT2D eigenvalue weighted by atomic mass is 9.94. The van der Waals surface area contributed by atoms with Crippen LogP contribution in [0.5, 0.6) is 0 Å². The van der Waals surface area contributed by atoms with Gasteiger partial charge in [0.1, 0.15) is 0 Å². The molecule has 1 heterocycles. The first-order valence-corrected chi connectivity index (χ1v) is 8.52. The Morgan fingerprint density at radius 1 is 1.23 bits per heavy atom. The molecule has 1 aliphatic heterocycles. The Morgan fingerprint density at radius 3 is 2.32 bits per heavy atom. The summed E-state index contributed by atoms with van der Waals surface area (Å²) >= 11 is 0. The summed E-state index contributed by atoms with van der Waals surface area (Å²) in [5, 5.41) is 0. The number of likely N-dealkylation sites (tertiary alicyclic amines) is 1. The van der Waals surface area contributed by atoms with E-state index in [0.29, 0.717) is 18.9 Å². The number of carbonyl (C=O) groups excluding carboxylic acids is 2. The molecule has 128 valence electrons. The van der Waals surface area contributed by atoms with Gasteiger partial charge in [0.15, 0.2) is 6.61 Å².